The van der Waals surface area contributed by atoms with Crippen LogP contribution in [0.4, 0.5) is 8.78 Å². The topological polar surface area (TPSA) is 84.2 Å². The molecule has 0 radical (unpaired) electrons. The zero-order chi connectivity index (χ0) is 15.6. The maximum Gasteiger partial charge on any atom is 0.331 e. The Kier molecular flexibility index (Phi) is 3.97. The molecule has 1 unspecified atom stereocenters. The van der Waals surface area contributed by atoms with E-state index in [2.05, 4.69) is 10.4 Å². The van der Waals surface area contributed by atoms with E-state index in [-0.39, 0.29) is 5.56 Å². The third kappa shape index (κ3) is 3.22. The molecule has 0 saturated heterocycles. The second kappa shape index (κ2) is 5.70. The number of aliphatic carboxylic acids is 1. The van der Waals surface area contributed by atoms with Gasteiger partial charge in [0.05, 0.1) is 11.8 Å². The summed E-state index contributed by atoms with van der Waals surface area (Å²) in [5, 5.41) is 15.1. The highest BCUT2D eigenvalue weighted by Gasteiger charge is 2.25. The second-order valence-electron chi connectivity index (χ2n) is 4.32. The average molecular weight is 295 g/mol. The lowest BCUT2D eigenvalue weighted by molar-refractivity contribution is -0.139. The lowest BCUT2D eigenvalue weighted by atomic mass is 10.1. The van der Waals surface area contributed by atoms with Crippen LogP contribution < -0.4 is 5.32 Å². The lowest BCUT2D eigenvalue weighted by Crippen LogP contribution is -2.34. The molecule has 2 aromatic rings. The van der Waals surface area contributed by atoms with Crippen molar-refractivity contribution in [1.82, 2.24) is 15.1 Å². The third-order valence-electron chi connectivity index (χ3n) is 2.75. The zero-order valence-electron chi connectivity index (χ0n) is 10.9. The number of rotatable bonds is 4. The van der Waals surface area contributed by atoms with E-state index in [0.717, 1.165) is 12.1 Å². The van der Waals surface area contributed by atoms with Gasteiger partial charge in [-0.2, -0.15) is 5.10 Å². The number of carbonyl (C=O) groups is 2. The molecule has 0 saturated carbocycles. The van der Waals surface area contributed by atoms with Crippen LogP contribution in [0, 0.1) is 11.6 Å². The summed E-state index contributed by atoms with van der Waals surface area (Å²) in [4.78, 5) is 23.1. The standard InChI is InChI=1S/C13H11F2N3O3/c1-18-6-7(5-16-18)11(13(20)21)17-12(19)9-4-8(14)2-3-10(9)15/h2-6,11H,1H3,(H,17,19)(H,20,21). The summed E-state index contributed by atoms with van der Waals surface area (Å²) < 4.78 is 27.9. The zero-order valence-corrected chi connectivity index (χ0v) is 10.9. The van der Waals surface area contributed by atoms with Gasteiger partial charge in [0.1, 0.15) is 11.6 Å². The molecule has 1 aromatic carbocycles. The number of hydrogen-bond acceptors (Lipinski definition) is 3. The number of carbonyl (C=O) groups excluding carboxylic acids is 1. The van der Waals surface area contributed by atoms with Crippen molar-refractivity contribution in [2.24, 2.45) is 7.05 Å². The highest BCUT2D eigenvalue weighted by molar-refractivity contribution is 5.97. The number of carboxylic acids is 1. The van der Waals surface area contributed by atoms with E-state index in [1.807, 2.05) is 0 Å². The number of halogens is 2. The molecule has 1 amide bonds. The maximum atomic E-state index is 13.5. The molecule has 0 fully saturated rings. The first-order valence-corrected chi connectivity index (χ1v) is 5.85. The summed E-state index contributed by atoms with van der Waals surface area (Å²) >= 11 is 0. The number of carboxylic acid groups (broad SMARTS) is 1. The Labute approximate surface area is 118 Å². The molecule has 21 heavy (non-hydrogen) atoms. The normalized spacial score (nSPS) is 12.0. The highest BCUT2D eigenvalue weighted by Crippen LogP contribution is 2.15. The van der Waals surface area contributed by atoms with Gasteiger partial charge in [-0.3, -0.25) is 9.48 Å². The molecule has 0 aliphatic rings. The molecular weight excluding hydrogens is 284 g/mol. The Morgan fingerprint density at radius 2 is 2.10 bits per heavy atom. The summed E-state index contributed by atoms with van der Waals surface area (Å²) in [5.41, 5.74) is -0.347. The number of amides is 1. The predicted molar refractivity (Wildman–Crippen MR) is 67.4 cm³/mol. The van der Waals surface area contributed by atoms with E-state index in [1.54, 1.807) is 7.05 Å². The summed E-state index contributed by atoms with van der Waals surface area (Å²) in [5.74, 6) is -4.10. The van der Waals surface area contributed by atoms with Gasteiger partial charge in [-0.1, -0.05) is 0 Å². The molecule has 1 atom stereocenters. The van der Waals surface area contributed by atoms with Crippen molar-refractivity contribution in [2.75, 3.05) is 0 Å². The monoisotopic (exact) mass is 295 g/mol. The van der Waals surface area contributed by atoms with Crippen LogP contribution in [-0.2, 0) is 11.8 Å². The lowest BCUT2D eigenvalue weighted by Gasteiger charge is -2.13. The van der Waals surface area contributed by atoms with Gasteiger partial charge in [0.25, 0.3) is 5.91 Å². The van der Waals surface area contributed by atoms with E-state index < -0.39 is 35.1 Å². The number of nitrogens with zero attached hydrogens (tertiary/aromatic N) is 2. The number of benzene rings is 1. The Bertz CT molecular complexity index is 700. The molecule has 0 aliphatic carbocycles. The van der Waals surface area contributed by atoms with Crippen LogP contribution in [0.25, 0.3) is 0 Å². The molecule has 1 aromatic heterocycles. The minimum atomic E-state index is -1.41. The Morgan fingerprint density at radius 1 is 1.38 bits per heavy atom. The number of hydrogen-bond donors (Lipinski definition) is 2. The molecule has 0 bridgehead atoms. The van der Waals surface area contributed by atoms with Crippen molar-refractivity contribution >= 4 is 11.9 Å². The molecule has 0 aliphatic heterocycles. The fourth-order valence-corrected chi connectivity index (χ4v) is 1.76. The molecule has 8 heteroatoms. The Balaban J connectivity index is 2.27. The van der Waals surface area contributed by atoms with E-state index in [0.29, 0.717) is 6.07 Å². The van der Waals surface area contributed by atoms with Gasteiger partial charge in [0, 0.05) is 18.8 Å². The average Bonchev–Trinajstić information content (AvgIpc) is 2.84. The molecule has 6 nitrogen and oxygen atoms in total. The van der Waals surface area contributed by atoms with Crippen LogP contribution >= 0.6 is 0 Å². The molecule has 2 N–H and O–H groups in total. The maximum absolute atomic E-state index is 13.5. The molecule has 2 rings (SSSR count). The molecule has 1 heterocycles. The van der Waals surface area contributed by atoms with Crippen LogP contribution in [0.3, 0.4) is 0 Å². The van der Waals surface area contributed by atoms with E-state index in [9.17, 15) is 18.4 Å². The predicted octanol–water partition coefficient (Wildman–Crippen LogP) is 1.25. The highest BCUT2D eigenvalue weighted by atomic mass is 19.1. The van der Waals surface area contributed by atoms with Crippen LogP contribution in [0.2, 0.25) is 0 Å². The van der Waals surface area contributed by atoms with Crippen molar-refractivity contribution in [1.29, 1.82) is 0 Å². The van der Waals surface area contributed by atoms with Gasteiger partial charge in [-0.15, -0.1) is 0 Å². The first-order chi connectivity index (χ1) is 9.88. The SMILES string of the molecule is Cn1cc(C(NC(=O)c2cc(F)ccc2F)C(=O)O)cn1. The first-order valence-electron chi connectivity index (χ1n) is 5.85. The van der Waals surface area contributed by atoms with Crippen molar-refractivity contribution in [3.8, 4) is 0 Å². The van der Waals surface area contributed by atoms with Gasteiger partial charge in [0.15, 0.2) is 6.04 Å². The van der Waals surface area contributed by atoms with Crippen LogP contribution in [0.1, 0.15) is 22.0 Å². The van der Waals surface area contributed by atoms with E-state index >= 15 is 0 Å². The quantitative estimate of drug-likeness (QED) is 0.889. The van der Waals surface area contributed by atoms with E-state index in [1.165, 1.54) is 17.1 Å². The van der Waals surface area contributed by atoms with Crippen molar-refractivity contribution in [2.45, 2.75) is 6.04 Å². The van der Waals surface area contributed by atoms with Crippen molar-refractivity contribution in [3.05, 3.63) is 53.4 Å². The number of aromatic nitrogens is 2. The summed E-state index contributed by atoms with van der Waals surface area (Å²) in [7, 11) is 1.58. The number of nitrogens with one attached hydrogen (secondary N) is 1. The second-order valence-corrected chi connectivity index (χ2v) is 4.32. The molecule has 110 valence electrons. The van der Waals surface area contributed by atoms with Gasteiger partial charge in [-0.25, -0.2) is 13.6 Å². The minimum Gasteiger partial charge on any atom is -0.479 e. The van der Waals surface area contributed by atoms with Crippen LogP contribution in [-0.4, -0.2) is 26.8 Å². The molecule has 0 spiro atoms. The van der Waals surface area contributed by atoms with Crippen molar-refractivity contribution in [3.63, 3.8) is 0 Å². The fourth-order valence-electron chi connectivity index (χ4n) is 1.76. The number of aryl methyl sites for hydroxylation is 1. The molecular formula is C13H11F2N3O3. The summed E-state index contributed by atoms with van der Waals surface area (Å²) in [6.07, 6.45) is 2.67. The van der Waals surface area contributed by atoms with Gasteiger partial charge >= 0.3 is 5.97 Å². The smallest absolute Gasteiger partial charge is 0.331 e. The van der Waals surface area contributed by atoms with Gasteiger partial charge in [-0.05, 0) is 18.2 Å². The first kappa shape index (κ1) is 14.6. The van der Waals surface area contributed by atoms with Gasteiger partial charge < -0.3 is 10.4 Å². The summed E-state index contributed by atoms with van der Waals surface area (Å²) in [6.45, 7) is 0. The summed E-state index contributed by atoms with van der Waals surface area (Å²) in [6, 6.07) is 0.951. The van der Waals surface area contributed by atoms with Crippen LogP contribution in [0.5, 0.6) is 0 Å². The van der Waals surface area contributed by atoms with Gasteiger partial charge in [0.2, 0.25) is 0 Å². The Hall–Kier alpha value is -2.77. The third-order valence-corrected chi connectivity index (χ3v) is 2.75. The minimum absolute atomic E-state index is 0.218. The Morgan fingerprint density at radius 3 is 2.67 bits per heavy atom. The van der Waals surface area contributed by atoms with Crippen LogP contribution in [0.15, 0.2) is 30.6 Å². The van der Waals surface area contributed by atoms with E-state index in [4.69, 9.17) is 5.11 Å². The fraction of sp³-hybridized carbons (Fsp3) is 0.154. The van der Waals surface area contributed by atoms with Crippen molar-refractivity contribution < 1.29 is 23.5 Å². The largest absolute Gasteiger partial charge is 0.479 e.